The van der Waals surface area contributed by atoms with E-state index in [0.717, 1.165) is 29.7 Å². The summed E-state index contributed by atoms with van der Waals surface area (Å²) in [6, 6.07) is 17.5. The number of carbonyl (C=O) groups is 1. The van der Waals surface area contributed by atoms with Gasteiger partial charge in [0.25, 0.3) is 0 Å². The number of hydrogen-bond acceptors (Lipinski definition) is 3. The van der Waals surface area contributed by atoms with Crippen LogP contribution < -0.4 is 5.32 Å². The predicted molar refractivity (Wildman–Crippen MR) is 97.2 cm³/mol. The number of carbonyl (C=O) groups excluding carboxylic acids is 1. The summed E-state index contributed by atoms with van der Waals surface area (Å²) < 4.78 is 5.71. The second-order valence-electron chi connectivity index (χ2n) is 6.35. The Morgan fingerprint density at radius 3 is 2.44 bits per heavy atom. The highest BCUT2D eigenvalue weighted by molar-refractivity contribution is 5.89. The number of benzene rings is 2. The average molecular weight is 340 g/mol. The molecule has 5 nitrogen and oxygen atoms in total. The van der Waals surface area contributed by atoms with Crippen molar-refractivity contribution in [3.05, 3.63) is 65.7 Å². The molecular formula is C20H24N2O3. The predicted octanol–water partition coefficient (Wildman–Crippen LogP) is 3.39. The van der Waals surface area contributed by atoms with E-state index in [1.807, 2.05) is 54.6 Å². The number of amides is 2. The van der Waals surface area contributed by atoms with Crippen molar-refractivity contribution in [2.45, 2.75) is 32.2 Å². The molecule has 1 aliphatic heterocycles. The minimum atomic E-state index is -0.413. The van der Waals surface area contributed by atoms with Crippen molar-refractivity contribution < 1.29 is 14.6 Å². The fraction of sp³-hybridized carbons (Fsp3) is 0.350. The number of hydrogen-bond donors (Lipinski definition) is 2. The standard InChI is InChI=1S/C20H24N2O3/c23-19-7-4-12-22(13-19)20(24)21-18-10-8-17(9-11-18)15-25-14-16-5-2-1-3-6-16/h1-3,5-6,8-11,19,23H,4,7,12-15H2,(H,21,24). The lowest BCUT2D eigenvalue weighted by Crippen LogP contribution is -2.44. The normalized spacial score (nSPS) is 17.3. The second kappa shape index (κ2) is 8.65. The van der Waals surface area contributed by atoms with Crippen LogP contribution in [0.15, 0.2) is 54.6 Å². The van der Waals surface area contributed by atoms with Gasteiger partial charge in [-0.2, -0.15) is 0 Å². The van der Waals surface area contributed by atoms with Crippen LogP contribution in [0.3, 0.4) is 0 Å². The zero-order valence-electron chi connectivity index (χ0n) is 14.2. The molecule has 0 spiro atoms. The third-order valence-electron chi connectivity index (χ3n) is 4.27. The van der Waals surface area contributed by atoms with Gasteiger partial charge < -0.3 is 20.1 Å². The van der Waals surface area contributed by atoms with Gasteiger partial charge in [0, 0.05) is 18.8 Å². The molecule has 2 amide bonds. The Morgan fingerprint density at radius 2 is 1.76 bits per heavy atom. The molecule has 2 aromatic rings. The smallest absolute Gasteiger partial charge is 0.321 e. The maximum atomic E-state index is 12.2. The lowest BCUT2D eigenvalue weighted by molar-refractivity contribution is 0.0883. The zero-order valence-corrected chi connectivity index (χ0v) is 14.2. The Balaban J connectivity index is 1.46. The SMILES string of the molecule is O=C(Nc1ccc(COCc2ccccc2)cc1)N1CCCC(O)C1. The van der Waals surface area contributed by atoms with Gasteiger partial charge in [-0.05, 0) is 36.1 Å². The monoisotopic (exact) mass is 340 g/mol. The van der Waals surface area contributed by atoms with Crippen molar-refractivity contribution in [1.29, 1.82) is 0 Å². The summed E-state index contributed by atoms with van der Waals surface area (Å²) >= 11 is 0. The van der Waals surface area contributed by atoms with E-state index in [9.17, 15) is 9.90 Å². The molecule has 0 saturated carbocycles. The van der Waals surface area contributed by atoms with Gasteiger partial charge in [-0.15, -0.1) is 0 Å². The lowest BCUT2D eigenvalue weighted by atomic mass is 10.1. The van der Waals surface area contributed by atoms with Crippen molar-refractivity contribution in [3.63, 3.8) is 0 Å². The number of likely N-dealkylation sites (tertiary alicyclic amines) is 1. The molecule has 3 rings (SSSR count). The van der Waals surface area contributed by atoms with E-state index in [2.05, 4.69) is 5.32 Å². The Bertz CT molecular complexity index is 673. The van der Waals surface area contributed by atoms with Crippen LogP contribution in [0, 0.1) is 0 Å². The summed E-state index contributed by atoms with van der Waals surface area (Å²) in [4.78, 5) is 13.9. The van der Waals surface area contributed by atoms with E-state index >= 15 is 0 Å². The number of aliphatic hydroxyl groups excluding tert-OH is 1. The first-order chi connectivity index (χ1) is 12.2. The molecule has 1 heterocycles. The molecule has 0 aliphatic carbocycles. The van der Waals surface area contributed by atoms with Crippen molar-refractivity contribution >= 4 is 11.7 Å². The Hall–Kier alpha value is -2.37. The quantitative estimate of drug-likeness (QED) is 0.877. The van der Waals surface area contributed by atoms with E-state index in [1.165, 1.54) is 0 Å². The Kier molecular flexibility index (Phi) is 6.04. The molecule has 0 radical (unpaired) electrons. The van der Waals surface area contributed by atoms with Gasteiger partial charge in [0.2, 0.25) is 0 Å². The number of piperidine rings is 1. The van der Waals surface area contributed by atoms with Crippen molar-refractivity contribution in [2.75, 3.05) is 18.4 Å². The average Bonchev–Trinajstić information content (AvgIpc) is 2.64. The maximum Gasteiger partial charge on any atom is 0.321 e. The van der Waals surface area contributed by atoms with Crippen LogP contribution in [0.1, 0.15) is 24.0 Å². The minimum Gasteiger partial charge on any atom is -0.391 e. The van der Waals surface area contributed by atoms with E-state index in [1.54, 1.807) is 4.90 Å². The van der Waals surface area contributed by atoms with Crippen LogP contribution in [0.25, 0.3) is 0 Å². The Morgan fingerprint density at radius 1 is 1.08 bits per heavy atom. The van der Waals surface area contributed by atoms with Crippen molar-refractivity contribution in [2.24, 2.45) is 0 Å². The summed E-state index contributed by atoms with van der Waals surface area (Å²) in [6.45, 7) is 2.20. The fourth-order valence-electron chi connectivity index (χ4n) is 2.89. The minimum absolute atomic E-state index is 0.160. The molecular weight excluding hydrogens is 316 g/mol. The third kappa shape index (κ3) is 5.31. The summed E-state index contributed by atoms with van der Waals surface area (Å²) in [5.41, 5.74) is 2.95. The van der Waals surface area contributed by atoms with E-state index in [0.29, 0.717) is 26.3 Å². The number of β-amino-alcohol motifs (C(OH)–C–C–N with tert-alkyl or cyclic N) is 1. The van der Waals surface area contributed by atoms with Gasteiger partial charge in [0.15, 0.2) is 0 Å². The summed E-state index contributed by atoms with van der Waals surface area (Å²) in [5.74, 6) is 0. The molecule has 25 heavy (non-hydrogen) atoms. The van der Waals surface area contributed by atoms with Crippen LogP contribution in [0.4, 0.5) is 10.5 Å². The highest BCUT2D eigenvalue weighted by Gasteiger charge is 2.21. The van der Waals surface area contributed by atoms with Gasteiger partial charge in [0.05, 0.1) is 19.3 Å². The van der Waals surface area contributed by atoms with Crippen LogP contribution in [-0.4, -0.2) is 35.2 Å². The van der Waals surface area contributed by atoms with Gasteiger partial charge in [0.1, 0.15) is 0 Å². The number of urea groups is 1. The van der Waals surface area contributed by atoms with E-state index in [-0.39, 0.29) is 6.03 Å². The van der Waals surface area contributed by atoms with Crippen LogP contribution in [0.2, 0.25) is 0 Å². The molecule has 1 atom stereocenters. The third-order valence-corrected chi connectivity index (χ3v) is 4.27. The number of anilines is 1. The molecule has 1 saturated heterocycles. The number of nitrogens with zero attached hydrogens (tertiary/aromatic N) is 1. The zero-order chi connectivity index (χ0) is 17.5. The highest BCUT2D eigenvalue weighted by Crippen LogP contribution is 2.15. The topological polar surface area (TPSA) is 61.8 Å². The molecule has 1 unspecified atom stereocenters. The first kappa shape index (κ1) is 17.5. The number of rotatable bonds is 5. The molecule has 2 N–H and O–H groups in total. The first-order valence-electron chi connectivity index (χ1n) is 8.65. The van der Waals surface area contributed by atoms with Gasteiger partial charge >= 0.3 is 6.03 Å². The first-order valence-corrected chi connectivity index (χ1v) is 8.65. The Labute approximate surface area is 148 Å². The number of nitrogens with one attached hydrogen (secondary N) is 1. The fourth-order valence-corrected chi connectivity index (χ4v) is 2.89. The molecule has 1 fully saturated rings. The number of ether oxygens (including phenoxy) is 1. The van der Waals surface area contributed by atoms with Crippen LogP contribution >= 0.6 is 0 Å². The van der Waals surface area contributed by atoms with Crippen molar-refractivity contribution in [3.8, 4) is 0 Å². The molecule has 2 aromatic carbocycles. The van der Waals surface area contributed by atoms with Crippen LogP contribution in [-0.2, 0) is 18.0 Å². The van der Waals surface area contributed by atoms with Gasteiger partial charge in [-0.3, -0.25) is 0 Å². The summed E-state index contributed by atoms with van der Waals surface area (Å²) in [6.07, 6.45) is 1.19. The largest absolute Gasteiger partial charge is 0.391 e. The summed E-state index contributed by atoms with van der Waals surface area (Å²) in [7, 11) is 0. The molecule has 0 aromatic heterocycles. The highest BCUT2D eigenvalue weighted by atomic mass is 16.5. The molecule has 1 aliphatic rings. The molecule has 5 heteroatoms. The van der Waals surface area contributed by atoms with Gasteiger partial charge in [-0.1, -0.05) is 42.5 Å². The summed E-state index contributed by atoms with van der Waals surface area (Å²) in [5, 5.41) is 12.5. The van der Waals surface area contributed by atoms with Gasteiger partial charge in [-0.25, -0.2) is 4.79 Å². The van der Waals surface area contributed by atoms with E-state index in [4.69, 9.17) is 4.74 Å². The molecule has 132 valence electrons. The maximum absolute atomic E-state index is 12.2. The van der Waals surface area contributed by atoms with E-state index < -0.39 is 6.10 Å². The second-order valence-corrected chi connectivity index (χ2v) is 6.35. The lowest BCUT2D eigenvalue weighted by Gasteiger charge is -2.30. The van der Waals surface area contributed by atoms with Crippen molar-refractivity contribution in [1.82, 2.24) is 4.90 Å². The molecule has 0 bridgehead atoms. The number of aliphatic hydroxyl groups is 1. The van der Waals surface area contributed by atoms with Crippen LogP contribution in [0.5, 0.6) is 0 Å².